The molecule has 0 bridgehead atoms. The van der Waals surface area contributed by atoms with Crippen molar-refractivity contribution in [2.75, 3.05) is 13.1 Å². The Morgan fingerprint density at radius 2 is 2.25 bits per heavy atom. The van der Waals surface area contributed by atoms with Crippen molar-refractivity contribution in [1.29, 1.82) is 0 Å². The Morgan fingerprint density at radius 1 is 1.38 bits per heavy atom. The second-order valence-electron chi connectivity index (χ2n) is 3.93. The second-order valence-corrected chi connectivity index (χ2v) is 3.93. The number of amides is 1. The minimum absolute atomic E-state index is 0.153. The number of nitrogens with zero attached hydrogens (tertiary/aromatic N) is 2. The van der Waals surface area contributed by atoms with Gasteiger partial charge in [0.05, 0.1) is 6.20 Å². The number of hydrogen-bond acceptors (Lipinski definition) is 4. The Bertz CT molecular complexity index is 337. The van der Waals surface area contributed by atoms with Crippen molar-refractivity contribution < 1.29 is 4.79 Å². The summed E-state index contributed by atoms with van der Waals surface area (Å²) in [5.74, 6) is -0.153. The summed E-state index contributed by atoms with van der Waals surface area (Å²) < 4.78 is 0. The second kappa shape index (κ2) is 5.55. The van der Waals surface area contributed by atoms with Crippen LogP contribution in [0.15, 0.2) is 18.6 Å². The van der Waals surface area contributed by atoms with E-state index in [4.69, 9.17) is 0 Å². The number of carbonyl (C=O) groups excluding carboxylic acids is 1. The minimum atomic E-state index is -0.153. The third-order valence-corrected chi connectivity index (χ3v) is 2.45. The number of rotatable bonds is 6. The summed E-state index contributed by atoms with van der Waals surface area (Å²) in [6.07, 6.45) is 8.08. The van der Waals surface area contributed by atoms with Gasteiger partial charge in [0.1, 0.15) is 5.69 Å². The molecule has 2 rings (SSSR count). The fourth-order valence-corrected chi connectivity index (χ4v) is 1.39. The lowest BCUT2D eigenvalue weighted by Gasteiger charge is -2.04. The molecule has 0 aromatic carbocycles. The standard InChI is InChI=1S/C11H16N4O/c16-11(10-8-12-6-7-14-10)15-5-1-4-13-9-2-3-9/h6-9,13H,1-5H2,(H,15,16). The van der Waals surface area contributed by atoms with E-state index in [-0.39, 0.29) is 5.91 Å². The van der Waals surface area contributed by atoms with E-state index in [2.05, 4.69) is 20.6 Å². The summed E-state index contributed by atoms with van der Waals surface area (Å²) in [7, 11) is 0. The van der Waals surface area contributed by atoms with Crippen molar-refractivity contribution in [3.63, 3.8) is 0 Å². The van der Waals surface area contributed by atoms with Gasteiger partial charge in [-0.25, -0.2) is 4.98 Å². The quantitative estimate of drug-likeness (QED) is 0.679. The van der Waals surface area contributed by atoms with Crippen LogP contribution in [0, 0.1) is 0 Å². The first-order chi connectivity index (χ1) is 7.86. The smallest absolute Gasteiger partial charge is 0.271 e. The van der Waals surface area contributed by atoms with Crippen LogP contribution in [0.1, 0.15) is 29.8 Å². The molecule has 5 nitrogen and oxygen atoms in total. The molecule has 1 saturated carbocycles. The zero-order valence-electron chi connectivity index (χ0n) is 9.15. The first-order valence-electron chi connectivity index (χ1n) is 5.64. The number of aromatic nitrogens is 2. The molecule has 0 unspecified atom stereocenters. The van der Waals surface area contributed by atoms with Gasteiger partial charge in [0.2, 0.25) is 0 Å². The largest absolute Gasteiger partial charge is 0.351 e. The van der Waals surface area contributed by atoms with Crippen molar-refractivity contribution in [2.24, 2.45) is 0 Å². The average molecular weight is 220 g/mol. The molecule has 0 atom stereocenters. The van der Waals surface area contributed by atoms with Crippen LogP contribution >= 0.6 is 0 Å². The van der Waals surface area contributed by atoms with Crippen LogP contribution in [0.3, 0.4) is 0 Å². The molecule has 2 N–H and O–H groups in total. The van der Waals surface area contributed by atoms with Gasteiger partial charge in [0.25, 0.3) is 5.91 Å². The Hall–Kier alpha value is -1.49. The summed E-state index contributed by atoms with van der Waals surface area (Å²) >= 11 is 0. The number of nitrogens with one attached hydrogen (secondary N) is 2. The summed E-state index contributed by atoms with van der Waals surface area (Å²) in [5, 5.41) is 6.20. The van der Waals surface area contributed by atoms with Crippen LogP contribution in [0.4, 0.5) is 0 Å². The maximum absolute atomic E-state index is 11.5. The lowest BCUT2D eigenvalue weighted by atomic mass is 10.3. The van der Waals surface area contributed by atoms with Crippen molar-refractivity contribution >= 4 is 5.91 Å². The first kappa shape index (κ1) is 11.0. The Morgan fingerprint density at radius 3 is 2.94 bits per heavy atom. The molecule has 1 aliphatic rings. The summed E-state index contributed by atoms with van der Waals surface area (Å²) in [4.78, 5) is 19.3. The molecule has 1 aromatic heterocycles. The zero-order chi connectivity index (χ0) is 11.2. The molecule has 1 aromatic rings. The third-order valence-electron chi connectivity index (χ3n) is 2.45. The van der Waals surface area contributed by atoms with Gasteiger partial charge in [0, 0.05) is 25.0 Å². The van der Waals surface area contributed by atoms with Crippen molar-refractivity contribution in [3.8, 4) is 0 Å². The van der Waals surface area contributed by atoms with E-state index in [1.807, 2.05) is 0 Å². The molecule has 0 radical (unpaired) electrons. The molecule has 86 valence electrons. The fourth-order valence-electron chi connectivity index (χ4n) is 1.39. The number of carbonyl (C=O) groups is 1. The van der Waals surface area contributed by atoms with E-state index in [1.54, 1.807) is 6.20 Å². The summed E-state index contributed by atoms with van der Waals surface area (Å²) in [5.41, 5.74) is 0.373. The molecule has 1 aliphatic carbocycles. The van der Waals surface area contributed by atoms with Crippen LogP contribution in [-0.2, 0) is 0 Å². The SMILES string of the molecule is O=C(NCCCNC1CC1)c1cnccn1. The highest BCUT2D eigenvalue weighted by molar-refractivity contribution is 5.91. The maximum atomic E-state index is 11.5. The van der Waals surface area contributed by atoms with Crippen LogP contribution < -0.4 is 10.6 Å². The normalized spacial score (nSPS) is 14.8. The van der Waals surface area contributed by atoms with Gasteiger partial charge in [-0.1, -0.05) is 0 Å². The first-order valence-corrected chi connectivity index (χ1v) is 5.64. The lowest BCUT2D eigenvalue weighted by molar-refractivity contribution is 0.0948. The monoisotopic (exact) mass is 220 g/mol. The zero-order valence-corrected chi connectivity index (χ0v) is 9.15. The molecule has 0 aliphatic heterocycles. The van der Waals surface area contributed by atoms with Crippen molar-refractivity contribution in [3.05, 3.63) is 24.3 Å². The van der Waals surface area contributed by atoms with Crippen molar-refractivity contribution in [1.82, 2.24) is 20.6 Å². The highest BCUT2D eigenvalue weighted by Crippen LogP contribution is 2.18. The highest BCUT2D eigenvalue weighted by atomic mass is 16.1. The van der Waals surface area contributed by atoms with Gasteiger partial charge in [-0.2, -0.15) is 0 Å². The average Bonchev–Trinajstić information content (AvgIpc) is 3.13. The van der Waals surface area contributed by atoms with Crippen LogP contribution in [0.2, 0.25) is 0 Å². The molecule has 1 fully saturated rings. The van der Waals surface area contributed by atoms with E-state index in [1.165, 1.54) is 25.2 Å². The molecule has 5 heteroatoms. The van der Waals surface area contributed by atoms with Crippen LogP contribution in [-0.4, -0.2) is 35.0 Å². The molecular formula is C11H16N4O. The Labute approximate surface area is 94.7 Å². The highest BCUT2D eigenvalue weighted by Gasteiger charge is 2.19. The van der Waals surface area contributed by atoms with Gasteiger partial charge < -0.3 is 10.6 Å². The van der Waals surface area contributed by atoms with E-state index in [0.717, 1.165) is 19.0 Å². The van der Waals surface area contributed by atoms with Crippen LogP contribution in [0.5, 0.6) is 0 Å². The Balaban J connectivity index is 1.60. The fraction of sp³-hybridized carbons (Fsp3) is 0.545. The molecule has 1 heterocycles. The van der Waals surface area contributed by atoms with Gasteiger partial charge >= 0.3 is 0 Å². The molecular weight excluding hydrogens is 204 g/mol. The topological polar surface area (TPSA) is 66.9 Å². The van der Waals surface area contributed by atoms with Crippen molar-refractivity contribution in [2.45, 2.75) is 25.3 Å². The van der Waals surface area contributed by atoms with Crippen LogP contribution in [0.25, 0.3) is 0 Å². The van der Waals surface area contributed by atoms with E-state index < -0.39 is 0 Å². The molecule has 16 heavy (non-hydrogen) atoms. The van der Waals surface area contributed by atoms with Gasteiger partial charge in [0.15, 0.2) is 0 Å². The predicted octanol–water partition coefficient (Wildman–Crippen LogP) is 0.348. The van der Waals surface area contributed by atoms with E-state index in [9.17, 15) is 4.79 Å². The van der Waals surface area contributed by atoms with Gasteiger partial charge in [-0.3, -0.25) is 9.78 Å². The number of hydrogen-bond donors (Lipinski definition) is 2. The summed E-state index contributed by atoms with van der Waals surface area (Å²) in [6, 6.07) is 0.732. The third kappa shape index (κ3) is 3.58. The van der Waals surface area contributed by atoms with Gasteiger partial charge in [-0.05, 0) is 25.8 Å². The summed E-state index contributed by atoms with van der Waals surface area (Å²) in [6.45, 7) is 1.64. The molecule has 0 saturated heterocycles. The molecule has 1 amide bonds. The predicted molar refractivity (Wildman–Crippen MR) is 60.0 cm³/mol. The van der Waals surface area contributed by atoms with E-state index >= 15 is 0 Å². The Kier molecular flexibility index (Phi) is 3.82. The lowest BCUT2D eigenvalue weighted by Crippen LogP contribution is -2.28. The maximum Gasteiger partial charge on any atom is 0.271 e. The molecule has 0 spiro atoms. The minimum Gasteiger partial charge on any atom is -0.351 e. The van der Waals surface area contributed by atoms with E-state index in [0.29, 0.717) is 12.2 Å². The van der Waals surface area contributed by atoms with Gasteiger partial charge in [-0.15, -0.1) is 0 Å².